The topological polar surface area (TPSA) is 93.0 Å². The molecule has 1 aromatic carbocycles. The summed E-state index contributed by atoms with van der Waals surface area (Å²) in [5.41, 5.74) is 1.94. The highest BCUT2D eigenvalue weighted by molar-refractivity contribution is 5.76. The minimum Gasteiger partial charge on any atom is -0.497 e. The van der Waals surface area contributed by atoms with Crippen LogP contribution in [0.15, 0.2) is 30.5 Å². The molecule has 0 aliphatic carbocycles. The van der Waals surface area contributed by atoms with Gasteiger partial charge in [-0.15, -0.1) is 5.10 Å². The van der Waals surface area contributed by atoms with E-state index in [-0.39, 0.29) is 30.6 Å². The van der Waals surface area contributed by atoms with Crippen molar-refractivity contribution in [2.24, 2.45) is 5.92 Å². The third-order valence-electron chi connectivity index (χ3n) is 6.12. The lowest BCUT2D eigenvalue weighted by Gasteiger charge is -2.35. The Morgan fingerprint density at radius 1 is 1.39 bits per heavy atom. The number of ether oxygens (including phenoxy) is 2. The van der Waals surface area contributed by atoms with Gasteiger partial charge in [-0.3, -0.25) is 14.4 Å². The predicted octanol–water partition coefficient (Wildman–Crippen LogP) is 1.94. The molecule has 2 aromatic rings. The van der Waals surface area contributed by atoms with Gasteiger partial charge in [-0.1, -0.05) is 24.3 Å². The van der Waals surface area contributed by atoms with Crippen molar-refractivity contribution in [3.8, 4) is 5.75 Å². The van der Waals surface area contributed by atoms with Crippen LogP contribution in [0.4, 0.5) is 0 Å². The van der Waals surface area contributed by atoms with E-state index in [2.05, 4.69) is 35.2 Å². The molecule has 9 nitrogen and oxygen atoms in total. The van der Waals surface area contributed by atoms with Crippen LogP contribution in [0.1, 0.15) is 37.9 Å². The van der Waals surface area contributed by atoms with Crippen LogP contribution < -0.4 is 4.74 Å². The molecule has 0 radical (unpaired) electrons. The fourth-order valence-electron chi connectivity index (χ4n) is 4.15. The number of methoxy groups -OCH3 is 1. The van der Waals surface area contributed by atoms with Crippen LogP contribution in [-0.4, -0.2) is 81.8 Å². The van der Waals surface area contributed by atoms with Gasteiger partial charge < -0.3 is 19.5 Å². The average Bonchev–Trinajstić information content (AvgIpc) is 3.26. The summed E-state index contributed by atoms with van der Waals surface area (Å²) in [7, 11) is 3.73. The fraction of sp³-hybridized carbons (Fsp3) is 0.625. The molecule has 1 N–H and O–H groups in total. The molecule has 1 amide bonds. The molecule has 2 bridgehead atoms. The quantitative estimate of drug-likeness (QED) is 0.676. The molecule has 1 aromatic heterocycles. The number of benzene rings is 1. The minimum atomic E-state index is -0.238. The van der Waals surface area contributed by atoms with Gasteiger partial charge in [-0.05, 0) is 38.1 Å². The Bertz CT molecular complexity index is 889. The van der Waals surface area contributed by atoms with Crippen LogP contribution in [0.25, 0.3) is 0 Å². The van der Waals surface area contributed by atoms with Crippen molar-refractivity contribution in [1.29, 1.82) is 0 Å². The molecule has 1 aliphatic heterocycles. The molecular weight excluding hydrogens is 422 g/mol. The van der Waals surface area contributed by atoms with Gasteiger partial charge in [0.1, 0.15) is 11.4 Å². The number of carbonyl (C=O) groups is 1. The molecule has 3 atom stereocenters. The van der Waals surface area contributed by atoms with E-state index < -0.39 is 0 Å². The second kappa shape index (κ2) is 12.1. The highest BCUT2D eigenvalue weighted by Crippen LogP contribution is 2.19. The van der Waals surface area contributed by atoms with Gasteiger partial charge in [0.05, 0.1) is 38.7 Å². The standard InChI is InChI=1S/C24H37N5O4/c1-18-12-29(19(2)16-30)24(31)9-6-10-28-14-21(25-26-28)17-33-23(18)15-27(3)13-20-7-5-8-22(11-20)32-4/h5,7-8,11,14,18-19,23,30H,6,9-10,12-13,15-17H2,1-4H3/t18-,19+,23-/m1/s1. The largest absolute Gasteiger partial charge is 0.497 e. The number of nitrogens with zero attached hydrogens (tertiary/aromatic N) is 5. The molecule has 0 unspecified atom stereocenters. The first kappa shape index (κ1) is 25.1. The molecule has 1 aliphatic rings. The highest BCUT2D eigenvalue weighted by Gasteiger charge is 2.28. The first-order chi connectivity index (χ1) is 15.9. The lowest BCUT2D eigenvalue weighted by molar-refractivity contribution is -0.136. The van der Waals surface area contributed by atoms with E-state index in [1.54, 1.807) is 16.7 Å². The smallest absolute Gasteiger partial charge is 0.222 e. The van der Waals surface area contributed by atoms with E-state index in [4.69, 9.17) is 9.47 Å². The molecule has 0 saturated heterocycles. The predicted molar refractivity (Wildman–Crippen MR) is 125 cm³/mol. The Balaban J connectivity index is 1.75. The zero-order valence-electron chi connectivity index (χ0n) is 20.2. The lowest BCUT2D eigenvalue weighted by atomic mass is 10.0. The van der Waals surface area contributed by atoms with Crippen molar-refractivity contribution >= 4 is 5.91 Å². The van der Waals surface area contributed by atoms with Crippen LogP contribution in [-0.2, 0) is 29.2 Å². The summed E-state index contributed by atoms with van der Waals surface area (Å²) in [6.07, 6.45) is 2.84. The van der Waals surface area contributed by atoms with E-state index in [0.29, 0.717) is 39.1 Å². The van der Waals surface area contributed by atoms with Crippen molar-refractivity contribution in [1.82, 2.24) is 24.8 Å². The summed E-state index contributed by atoms with van der Waals surface area (Å²) in [4.78, 5) is 17.0. The van der Waals surface area contributed by atoms with E-state index >= 15 is 0 Å². The molecule has 0 spiro atoms. The number of likely N-dealkylation sites (N-methyl/N-ethyl adjacent to an activating group) is 1. The average molecular weight is 460 g/mol. The number of aliphatic hydroxyl groups is 1. The van der Waals surface area contributed by atoms with Crippen molar-refractivity contribution < 1.29 is 19.4 Å². The summed E-state index contributed by atoms with van der Waals surface area (Å²) >= 11 is 0. The molecule has 182 valence electrons. The number of amides is 1. The first-order valence-electron chi connectivity index (χ1n) is 11.6. The maximum absolute atomic E-state index is 13.0. The zero-order chi connectivity index (χ0) is 23.8. The highest BCUT2D eigenvalue weighted by atomic mass is 16.5. The number of fused-ring (bicyclic) bond motifs is 2. The van der Waals surface area contributed by atoms with Crippen LogP contribution in [0.5, 0.6) is 5.75 Å². The van der Waals surface area contributed by atoms with Gasteiger partial charge in [-0.25, -0.2) is 0 Å². The van der Waals surface area contributed by atoms with Crippen molar-refractivity contribution in [3.05, 3.63) is 41.7 Å². The summed E-state index contributed by atoms with van der Waals surface area (Å²) < 4.78 is 13.4. The third-order valence-corrected chi connectivity index (χ3v) is 6.12. The van der Waals surface area contributed by atoms with E-state index in [0.717, 1.165) is 23.6 Å². The molecular formula is C24H37N5O4. The summed E-state index contributed by atoms with van der Waals surface area (Å²) in [5.74, 6) is 0.945. The summed E-state index contributed by atoms with van der Waals surface area (Å²) in [6, 6.07) is 7.80. The van der Waals surface area contributed by atoms with Crippen molar-refractivity contribution in [2.75, 3.05) is 33.9 Å². The Labute approximate surface area is 196 Å². The minimum absolute atomic E-state index is 0.0477. The SMILES string of the molecule is COc1cccc(CN(C)C[C@H]2OCc3cn(nn3)CCCC(=O)N([C@@H](C)CO)C[C@H]2C)c1. The van der Waals surface area contributed by atoms with Gasteiger partial charge in [0.25, 0.3) is 0 Å². The van der Waals surface area contributed by atoms with Crippen LogP contribution >= 0.6 is 0 Å². The van der Waals surface area contributed by atoms with Crippen LogP contribution in [0, 0.1) is 5.92 Å². The Hall–Kier alpha value is -2.49. The molecule has 0 saturated carbocycles. The number of aromatic nitrogens is 3. The van der Waals surface area contributed by atoms with Crippen LogP contribution in [0.2, 0.25) is 0 Å². The summed E-state index contributed by atoms with van der Waals surface area (Å²) in [6.45, 7) is 6.88. The molecule has 33 heavy (non-hydrogen) atoms. The second-order valence-electron chi connectivity index (χ2n) is 9.03. The van der Waals surface area contributed by atoms with Crippen molar-refractivity contribution in [2.45, 2.75) is 58.5 Å². The monoisotopic (exact) mass is 459 g/mol. The summed E-state index contributed by atoms with van der Waals surface area (Å²) in [5, 5.41) is 18.1. The van der Waals surface area contributed by atoms with Gasteiger partial charge in [0.15, 0.2) is 0 Å². The molecule has 3 rings (SSSR count). The number of aliphatic hydroxyl groups excluding tert-OH is 1. The molecule has 0 fully saturated rings. The number of hydrogen-bond donors (Lipinski definition) is 1. The third kappa shape index (κ3) is 7.25. The number of carbonyl (C=O) groups excluding carboxylic acids is 1. The second-order valence-corrected chi connectivity index (χ2v) is 9.03. The van der Waals surface area contributed by atoms with Gasteiger partial charge >= 0.3 is 0 Å². The Morgan fingerprint density at radius 3 is 2.97 bits per heavy atom. The van der Waals surface area contributed by atoms with Crippen LogP contribution in [0.3, 0.4) is 0 Å². The fourth-order valence-corrected chi connectivity index (χ4v) is 4.15. The Morgan fingerprint density at radius 2 is 2.21 bits per heavy atom. The normalized spacial score (nSPS) is 21.3. The maximum Gasteiger partial charge on any atom is 0.222 e. The molecule has 2 heterocycles. The molecule has 9 heteroatoms. The van der Waals surface area contributed by atoms with Gasteiger partial charge in [-0.2, -0.15) is 0 Å². The maximum atomic E-state index is 13.0. The van der Waals surface area contributed by atoms with Gasteiger partial charge in [0.2, 0.25) is 5.91 Å². The number of rotatable bonds is 7. The van der Waals surface area contributed by atoms with E-state index in [9.17, 15) is 9.90 Å². The first-order valence-corrected chi connectivity index (χ1v) is 11.6. The van der Waals surface area contributed by atoms with Gasteiger partial charge in [0, 0.05) is 38.5 Å². The van der Waals surface area contributed by atoms with Crippen molar-refractivity contribution in [3.63, 3.8) is 0 Å². The Kier molecular flexibility index (Phi) is 9.22. The van der Waals surface area contributed by atoms with E-state index in [1.807, 2.05) is 31.3 Å². The van der Waals surface area contributed by atoms with E-state index in [1.165, 1.54) is 0 Å². The zero-order valence-corrected chi connectivity index (χ0v) is 20.2. The number of hydrogen-bond acceptors (Lipinski definition) is 7. The lowest BCUT2D eigenvalue weighted by Crippen LogP contribution is -2.47. The number of aryl methyl sites for hydroxylation is 1.